The Labute approximate surface area is 149 Å². The number of carbonyl (C=O) groups is 1. The number of carbonyl (C=O) groups excluding carboxylic acids is 1. The van der Waals surface area contributed by atoms with Crippen molar-refractivity contribution < 1.29 is 9.53 Å². The molecule has 0 radical (unpaired) electrons. The molecule has 1 aromatic carbocycles. The number of hydrogen-bond acceptors (Lipinski definition) is 4. The molecule has 5 heteroatoms. The first-order valence-electron chi connectivity index (χ1n) is 8.84. The Balaban J connectivity index is 1.57. The van der Waals surface area contributed by atoms with E-state index < -0.39 is 0 Å². The summed E-state index contributed by atoms with van der Waals surface area (Å²) in [6.45, 7) is 5.01. The second-order valence-electron chi connectivity index (χ2n) is 6.25. The number of ether oxygens (including phenoxy) is 1. The van der Waals surface area contributed by atoms with Gasteiger partial charge in [0.25, 0.3) is 0 Å². The molecule has 0 bridgehead atoms. The lowest BCUT2D eigenvalue weighted by Crippen LogP contribution is -2.41. The zero-order valence-electron chi connectivity index (χ0n) is 14.4. The van der Waals surface area contributed by atoms with Crippen LogP contribution in [-0.4, -0.2) is 55.2 Å². The Bertz CT molecular complexity index is 603. The van der Waals surface area contributed by atoms with Crippen molar-refractivity contribution in [3.63, 3.8) is 0 Å². The van der Waals surface area contributed by atoms with E-state index in [1.54, 1.807) is 12.4 Å². The maximum atomic E-state index is 12.5. The van der Waals surface area contributed by atoms with Crippen molar-refractivity contribution in [1.29, 1.82) is 0 Å². The molecule has 5 nitrogen and oxygen atoms in total. The van der Waals surface area contributed by atoms with Gasteiger partial charge in [0, 0.05) is 50.9 Å². The first-order valence-corrected chi connectivity index (χ1v) is 8.84. The minimum atomic E-state index is 0.0487. The monoisotopic (exact) mass is 339 g/mol. The van der Waals surface area contributed by atoms with Gasteiger partial charge in [0.1, 0.15) is 0 Å². The van der Waals surface area contributed by atoms with Gasteiger partial charge in [-0.25, -0.2) is 0 Å². The molecule has 1 aliphatic rings. The van der Waals surface area contributed by atoms with Crippen LogP contribution in [0.1, 0.15) is 23.5 Å². The van der Waals surface area contributed by atoms with E-state index in [0.717, 1.165) is 44.0 Å². The fourth-order valence-electron chi connectivity index (χ4n) is 3.15. The highest BCUT2D eigenvalue weighted by molar-refractivity contribution is 5.77. The second kappa shape index (κ2) is 9.30. The van der Waals surface area contributed by atoms with Gasteiger partial charge in [-0.05, 0) is 23.3 Å². The van der Waals surface area contributed by atoms with Gasteiger partial charge in [-0.2, -0.15) is 0 Å². The molecule has 1 amide bonds. The lowest BCUT2D eigenvalue weighted by atomic mass is 9.89. The number of amides is 1. The van der Waals surface area contributed by atoms with Gasteiger partial charge in [-0.15, -0.1) is 0 Å². The molecule has 1 N–H and O–H groups in total. The normalized spacial score (nSPS) is 16.3. The van der Waals surface area contributed by atoms with Crippen molar-refractivity contribution in [3.05, 3.63) is 66.0 Å². The highest BCUT2D eigenvalue weighted by atomic mass is 16.5. The summed E-state index contributed by atoms with van der Waals surface area (Å²) in [6, 6.07) is 14.1. The predicted octanol–water partition coefficient (Wildman–Crippen LogP) is 2.05. The van der Waals surface area contributed by atoms with Crippen LogP contribution in [0.25, 0.3) is 0 Å². The van der Waals surface area contributed by atoms with Crippen LogP contribution in [0.3, 0.4) is 0 Å². The van der Waals surface area contributed by atoms with E-state index in [2.05, 4.69) is 27.3 Å². The van der Waals surface area contributed by atoms with Gasteiger partial charge < -0.3 is 10.1 Å². The van der Waals surface area contributed by atoms with Crippen molar-refractivity contribution in [3.8, 4) is 0 Å². The molecule has 1 aromatic heterocycles. The van der Waals surface area contributed by atoms with Gasteiger partial charge >= 0.3 is 0 Å². The lowest BCUT2D eigenvalue weighted by Gasteiger charge is -2.26. The van der Waals surface area contributed by atoms with Crippen molar-refractivity contribution in [1.82, 2.24) is 15.2 Å². The molecule has 2 aromatic rings. The van der Waals surface area contributed by atoms with Crippen LogP contribution in [0.5, 0.6) is 0 Å². The smallest absolute Gasteiger partial charge is 0.220 e. The lowest BCUT2D eigenvalue weighted by molar-refractivity contribution is -0.121. The Hall–Kier alpha value is -2.24. The third-order valence-corrected chi connectivity index (χ3v) is 4.55. The van der Waals surface area contributed by atoms with E-state index in [4.69, 9.17) is 4.74 Å². The highest BCUT2D eigenvalue weighted by Crippen LogP contribution is 2.27. The molecular weight excluding hydrogens is 314 g/mol. The fourth-order valence-corrected chi connectivity index (χ4v) is 3.15. The van der Waals surface area contributed by atoms with Crippen molar-refractivity contribution in [2.24, 2.45) is 0 Å². The molecule has 1 atom stereocenters. The van der Waals surface area contributed by atoms with E-state index in [-0.39, 0.29) is 11.8 Å². The molecule has 1 fully saturated rings. The molecule has 132 valence electrons. The predicted molar refractivity (Wildman–Crippen MR) is 97.4 cm³/mol. The van der Waals surface area contributed by atoms with Crippen LogP contribution in [0.2, 0.25) is 0 Å². The summed E-state index contributed by atoms with van der Waals surface area (Å²) in [6.07, 6.45) is 4.00. The first kappa shape index (κ1) is 17.6. The van der Waals surface area contributed by atoms with Crippen LogP contribution in [0, 0.1) is 0 Å². The van der Waals surface area contributed by atoms with Crippen LogP contribution in [0.4, 0.5) is 0 Å². The van der Waals surface area contributed by atoms with E-state index >= 15 is 0 Å². The molecule has 0 saturated carbocycles. The van der Waals surface area contributed by atoms with Crippen molar-refractivity contribution in [2.75, 3.05) is 39.4 Å². The summed E-state index contributed by atoms with van der Waals surface area (Å²) < 4.78 is 5.34. The van der Waals surface area contributed by atoms with Crippen LogP contribution < -0.4 is 5.32 Å². The summed E-state index contributed by atoms with van der Waals surface area (Å²) in [4.78, 5) is 18.9. The third-order valence-electron chi connectivity index (χ3n) is 4.55. The van der Waals surface area contributed by atoms with Crippen LogP contribution in [-0.2, 0) is 9.53 Å². The number of aromatic nitrogens is 1. The Morgan fingerprint density at radius 2 is 1.76 bits per heavy atom. The standard InChI is InChI=1S/C20H25N3O2/c24-20(22-10-11-23-12-14-25-15-13-23)16-19(17-4-2-1-3-5-17)18-6-8-21-9-7-18/h1-9,19H,10-16H2,(H,22,24). The van der Waals surface area contributed by atoms with Gasteiger partial charge in [-0.1, -0.05) is 30.3 Å². The minimum absolute atomic E-state index is 0.0487. The topological polar surface area (TPSA) is 54.5 Å². The molecular formula is C20H25N3O2. The number of nitrogens with one attached hydrogen (secondary N) is 1. The molecule has 1 aliphatic heterocycles. The number of nitrogens with zero attached hydrogens (tertiary/aromatic N) is 2. The Morgan fingerprint density at radius 1 is 1.08 bits per heavy atom. The first-order chi connectivity index (χ1) is 12.3. The van der Waals surface area contributed by atoms with Crippen molar-refractivity contribution >= 4 is 5.91 Å². The summed E-state index contributed by atoms with van der Waals surface area (Å²) in [5, 5.41) is 3.06. The molecule has 3 rings (SSSR count). The average molecular weight is 339 g/mol. The molecule has 1 saturated heterocycles. The summed E-state index contributed by atoms with van der Waals surface area (Å²) in [5.41, 5.74) is 2.27. The van der Waals surface area contributed by atoms with Gasteiger partial charge in [-0.3, -0.25) is 14.7 Å². The quantitative estimate of drug-likeness (QED) is 0.839. The Kier molecular flexibility index (Phi) is 6.54. The molecule has 25 heavy (non-hydrogen) atoms. The second-order valence-corrected chi connectivity index (χ2v) is 6.25. The number of morpholine rings is 1. The third kappa shape index (κ3) is 5.37. The van der Waals surface area contributed by atoms with E-state index in [0.29, 0.717) is 13.0 Å². The number of hydrogen-bond donors (Lipinski definition) is 1. The SMILES string of the molecule is O=C(CC(c1ccccc1)c1ccncc1)NCCN1CCOCC1. The highest BCUT2D eigenvalue weighted by Gasteiger charge is 2.18. The molecule has 0 aliphatic carbocycles. The summed E-state index contributed by atoms with van der Waals surface area (Å²) in [7, 11) is 0. The van der Waals surface area contributed by atoms with Crippen LogP contribution in [0.15, 0.2) is 54.9 Å². The summed E-state index contributed by atoms with van der Waals surface area (Å²) >= 11 is 0. The van der Waals surface area contributed by atoms with Gasteiger partial charge in [0.2, 0.25) is 5.91 Å². The zero-order valence-corrected chi connectivity index (χ0v) is 14.4. The molecule has 1 unspecified atom stereocenters. The molecule has 0 spiro atoms. The summed E-state index contributed by atoms with van der Waals surface area (Å²) in [5.74, 6) is 0.131. The number of pyridine rings is 1. The van der Waals surface area contributed by atoms with E-state index in [1.807, 2.05) is 30.3 Å². The molecule has 2 heterocycles. The maximum Gasteiger partial charge on any atom is 0.220 e. The number of rotatable bonds is 7. The largest absolute Gasteiger partial charge is 0.379 e. The van der Waals surface area contributed by atoms with E-state index in [9.17, 15) is 4.79 Å². The number of benzene rings is 1. The van der Waals surface area contributed by atoms with Crippen LogP contribution >= 0.6 is 0 Å². The fraction of sp³-hybridized carbons (Fsp3) is 0.400. The average Bonchev–Trinajstić information content (AvgIpc) is 2.68. The zero-order chi connectivity index (χ0) is 17.3. The van der Waals surface area contributed by atoms with Crippen molar-refractivity contribution in [2.45, 2.75) is 12.3 Å². The minimum Gasteiger partial charge on any atom is -0.379 e. The van der Waals surface area contributed by atoms with Gasteiger partial charge in [0.15, 0.2) is 0 Å². The van der Waals surface area contributed by atoms with Gasteiger partial charge in [0.05, 0.1) is 13.2 Å². The van der Waals surface area contributed by atoms with E-state index in [1.165, 1.54) is 0 Å². The maximum absolute atomic E-state index is 12.5. The Morgan fingerprint density at radius 3 is 2.48 bits per heavy atom.